The highest BCUT2D eigenvalue weighted by atomic mass is 35.5. The molecule has 0 aromatic heterocycles. The molecule has 3 rings (SSSR count). The molecule has 1 heterocycles. The second kappa shape index (κ2) is 9.37. The van der Waals surface area contributed by atoms with Gasteiger partial charge in [-0.3, -0.25) is 4.79 Å². The Labute approximate surface area is 171 Å². The molecule has 5 nitrogen and oxygen atoms in total. The third-order valence-electron chi connectivity index (χ3n) is 4.67. The summed E-state index contributed by atoms with van der Waals surface area (Å²) in [6.45, 7) is 0.683. The van der Waals surface area contributed by atoms with Crippen LogP contribution in [0.5, 0.6) is 0 Å². The normalized spacial score (nSPS) is 18.2. The second-order valence-electron chi connectivity index (χ2n) is 6.64. The molecular weight excluding hydrogens is 396 g/mol. The lowest BCUT2D eigenvalue weighted by Gasteiger charge is -2.28. The van der Waals surface area contributed by atoms with Gasteiger partial charge in [0.25, 0.3) is 0 Å². The van der Waals surface area contributed by atoms with Gasteiger partial charge in [-0.1, -0.05) is 54.1 Å². The van der Waals surface area contributed by atoms with Crippen molar-refractivity contribution in [2.45, 2.75) is 30.2 Å². The molecule has 148 valence electrons. The Bertz CT molecular complexity index is 928. The maximum Gasteiger partial charge on any atom is 0.244 e. The van der Waals surface area contributed by atoms with Gasteiger partial charge in [0.1, 0.15) is 6.04 Å². The molecule has 1 saturated heterocycles. The minimum atomic E-state index is -3.86. The van der Waals surface area contributed by atoms with Crippen molar-refractivity contribution in [3.05, 3.63) is 71.3 Å². The predicted molar refractivity (Wildman–Crippen MR) is 111 cm³/mol. The highest BCUT2D eigenvalue weighted by Crippen LogP contribution is 2.24. The summed E-state index contributed by atoms with van der Waals surface area (Å²) in [5.41, 5.74) is 0.969. The van der Waals surface area contributed by atoms with Gasteiger partial charge in [0.2, 0.25) is 15.9 Å². The first-order chi connectivity index (χ1) is 13.5. The number of benzene rings is 2. The van der Waals surface area contributed by atoms with Crippen molar-refractivity contribution in [3.8, 4) is 0 Å². The molecule has 2 aromatic rings. The number of sulfonamides is 1. The van der Waals surface area contributed by atoms with Crippen LogP contribution in [0.25, 0.3) is 6.08 Å². The third kappa shape index (κ3) is 5.01. The van der Waals surface area contributed by atoms with Crippen molar-refractivity contribution in [1.82, 2.24) is 9.62 Å². The molecule has 7 heteroatoms. The Morgan fingerprint density at radius 3 is 2.50 bits per heavy atom. The van der Waals surface area contributed by atoms with Gasteiger partial charge in [-0.15, -0.1) is 0 Å². The fourth-order valence-corrected chi connectivity index (χ4v) is 4.88. The summed E-state index contributed by atoms with van der Waals surface area (Å²) < 4.78 is 27.9. The van der Waals surface area contributed by atoms with Crippen LogP contribution in [0.3, 0.4) is 0 Å². The van der Waals surface area contributed by atoms with E-state index in [1.54, 1.807) is 18.2 Å². The number of amides is 1. The number of carbonyl (C=O) groups is 1. The molecule has 0 radical (unpaired) electrons. The van der Waals surface area contributed by atoms with Gasteiger partial charge in [0, 0.05) is 18.1 Å². The van der Waals surface area contributed by atoms with Crippen molar-refractivity contribution in [2.24, 2.45) is 0 Å². The molecular formula is C21H23ClN2O3S. The minimum absolute atomic E-state index is 0.109. The van der Waals surface area contributed by atoms with Crippen molar-refractivity contribution in [2.75, 3.05) is 13.1 Å². The van der Waals surface area contributed by atoms with Crippen LogP contribution >= 0.6 is 11.6 Å². The molecule has 0 bridgehead atoms. The minimum Gasteiger partial charge on any atom is -0.355 e. The predicted octanol–water partition coefficient (Wildman–Crippen LogP) is 3.71. The van der Waals surface area contributed by atoms with Crippen LogP contribution < -0.4 is 5.32 Å². The highest BCUT2D eigenvalue weighted by molar-refractivity contribution is 7.89. The fraction of sp³-hybridized carbons (Fsp3) is 0.286. The number of nitrogens with one attached hydrogen (secondary N) is 1. The molecule has 0 aliphatic carbocycles. The molecule has 2 aromatic carbocycles. The molecule has 0 unspecified atom stereocenters. The molecule has 1 N–H and O–H groups in total. The van der Waals surface area contributed by atoms with Gasteiger partial charge in [0.05, 0.1) is 4.90 Å². The van der Waals surface area contributed by atoms with Gasteiger partial charge in [-0.2, -0.15) is 4.31 Å². The van der Waals surface area contributed by atoms with Crippen LogP contribution in [0.2, 0.25) is 5.02 Å². The lowest BCUT2D eigenvalue weighted by Crippen LogP contribution is -2.48. The Morgan fingerprint density at radius 2 is 1.79 bits per heavy atom. The van der Waals surface area contributed by atoms with Gasteiger partial charge >= 0.3 is 0 Å². The fourth-order valence-electron chi connectivity index (χ4n) is 3.19. The Kier molecular flexibility index (Phi) is 6.88. The number of hydrogen-bond donors (Lipinski definition) is 1. The van der Waals surface area contributed by atoms with E-state index in [2.05, 4.69) is 5.32 Å². The SMILES string of the molecule is O=C1NCCCC[C@H]1N(CC=Cc1ccccc1)S(=O)(=O)c1ccc(Cl)cc1. The van der Waals surface area contributed by atoms with E-state index in [9.17, 15) is 13.2 Å². The van der Waals surface area contributed by atoms with Crippen molar-refractivity contribution >= 4 is 33.6 Å². The van der Waals surface area contributed by atoms with Gasteiger partial charge < -0.3 is 5.32 Å². The summed E-state index contributed by atoms with van der Waals surface area (Å²) in [6, 6.07) is 14.9. The quantitative estimate of drug-likeness (QED) is 0.777. The average molecular weight is 419 g/mol. The monoisotopic (exact) mass is 418 g/mol. The van der Waals surface area contributed by atoms with Gasteiger partial charge in [-0.05, 0) is 49.1 Å². The molecule has 1 atom stereocenters. The van der Waals surface area contributed by atoms with E-state index in [-0.39, 0.29) is 17.3 Å². The van der Waals surface area contributed by atoms with Crippen molar-refractivity contribution in [1.29, 1.82) is 0 Å². The third-order valence-corrected chi connectivity index (χ3v) is 6.81. The number of halogens is 1. The smallest absolute Gasteiger partial charge is 0.244 e. The standard InChI is InChI=1S/C21H23ClN2O3S/c22-18-11-13-19(14-12-18)28(26,27)24(20-10-4-5-15-23-21(20)25)16-6-9-17-7-2-1-3-8-17/h1-3,6-9,11-14,20H,4-5,10,15-16H2,(H,23,25)/t20-/m1/s1. The van der Waals surface area contributed by atoms with E-state index in [0.717, 1.165) is 18.4 Å². The van der Waals surface area contributed by atoms with Gasteiger partial charge in [-0.25, -0.2) is 8.42 Å². The zero-order chi connectivity index (χ0) is 20.0. The highest BCUT2D eigenvalue weighted by Gasteiger charge is 2.35. The van der Waals surface area contributed by atoms with Crippen LogP contribution in [-0.2, 0) is 14.8 Å². The van der Waals surface area contributed by atoms with E-state index in [1.165, 1.54) is 16.4 Å². The largest absolute Gasteiger partial charge is 0.355 e. The second-order valence-corrected chi connectivity index (χ2v) is 8.97. The first-order valence-corrected chi connectivity index (χ1v) is 11.1. The van der Waals surface area contributed by atoms with Gasteiger partial charge in [0.15, 0.2) is 0 Å². The molecule has 0 saturated carbocycles. The molecule has 0 spiro atoms. The summed E-state index contributed by atoms with van der Waals surface area (Å²) in [5.74, 6) is -0.247. The van der Waals surface area contributed by atoms with Crippen LogP contribution in [0.15, 0.2) is 65.6 Å². The van der Waals surface area contributed by atoms with Crippen molar-refractivity contribution in [3.63, 3.8) is 0 Å². The first kappa shape index (κ1) is 20.6. The zero-order valence-electron chi connectivity index (χ0n) is 15.4. The van der Waals surface area contributed by atoms with Crippen LogP contribution in [0.1, 0.15) is 24.8 Å². The zero-order valence-corrected chi connectivity index (χ0v) is 17.0. The number of carbonyl (C=O) groups excluding carboxylic acids is 1. The summed E-state index contributed by atoms with van der Waals surface area (Å²) in [7, 11) is -3.86. The summed E-state index contributed by atoms with van der Waals surface area (Å²) in [4.78, 5) is 12.7. The van der Waals surface area contributed by atoms with Crippen molar-refractivity contribution < 1.29 is 13.2 Å². The molecule has 1 fully saturated rings. The van der Waals surface area contributed by atoms with E-state index in [1.807, 2.05) is 36.4 Å². The Morgan fingerprint density at radius 1 is 1.07 bits per heavy atom. The van der Waals surface area contributed by atoms with E-state index < -0.39 is 16.1 Å². The first-order valence-electron chi connectivity index (χ1n) is 9.25. The summed E-state index contributed by atoms with van der Waals surface area (Å²) in [6.07, 6.45) is 5.77. The maximum absolute atomic E-state index is 13.3. The Balaban J connectivity index is 1.92. The molecule has 28 heavy (non-hydrogen) atoms. The Hall–Kier alpha value is -2.15. The van der Waals surface area contributed by atoms with E-state index in [0.29, 0.717) is 18.0 Å². The molecule has 1 amide bonds. The number of hydrogen-bond acceptors (Lipinski definition) is 3. The average Bonchev–Trinajstić information content (AvgIpc) is 2.90. The summed E-state index contributed by atoms with van der Waals surface area (Å²) in [5, 5.41) is 3.29. The summed E-state index contributed by atoms with van der Waals surface area (Å²) >= 11 is 5.90. The lowest BCUT2D eigenvalue weighted by molar-refractivity contribution is -0.124. The number of rotatable bonds is 6. The number of nitrogens with zero attached hydrogens (tertiary/aromatic N) is 1. The maximum atomic E-state index is 13.3. The van der Waals surface area contributed by atoms with Crippen LogP contribution in [0, 0.1) is 0 Å². The molecule has 1 aliphatic heterocycles. The lowest BCUT2D eigenvalue weighted by atomic mass is 10.1. The topological polar surface area (TPSA) is 66.5 Å². The molecule has 1 aliphatic rings. The van der Waals surface area contributed by atoms with E-state index >= 15 is 0 Å². The van der Waals surface area contributed by atoms with Crippen LogP contribution in [-0.4, -0.2) is 37.8 Å². The van der Waals surface area contributed by atoms with E-state index in [4.69, 9.17) is 11.6 Å². The van der Waals surface area contributed by atoms with Crippen LogP contribution in [0.4, 0.5) is 0 Å².